The topological polar surface area (TPSA) is 138 Å². The molecule has 0 rings (SSSR count). The molecule has 19 heavy (non-hydrogen) atoms. The first-order chi connectivity index (χ1) is 7.56. The van der Waals surface area contributed by atoms with Gasteiger partial charge in [-0.1, -0.05) is 39.0 Å². The van der Waals surface area contributed by atoms with Gasteiger partial charge >= 0.3 is 80.9 Å². The summed E-state index contributed by atoms with van der Waals surface area (Å²) >= 11 is 0. The van der Waals surface area contributed by atoms with Gasteiger partial charge in [-0.05, 0) is 6.42 Å². The minimum Gasteiger partial charge on any atom is -0.756 e. The van der Waals surface area contributed by atoms with Gasteiger partial charge in [0, 0.05) is 5.75 Å². The van der Waals surface area contributed by atoms with Crippen molar-refractivity contribution in [3.8, 4) is 0 Å². The van der Waals surface area contributed by atoms with Gasteiger partial charge in [-0.2, -0.15) is 0 Å². The molecule has 0 aliphatic carbocycles. The predicted octanol–water partition coefficient (Wildman–Crippen LogP) is -5.66. The van der Waals surface area contributed by atoms with Crippen LogP contribution in [0.1, 0.15) is 45.4 Å². The molecule has 0 saturated carbocycles. The van der Waals surface area contributed by atoms with E-state index in [9.17, 15) is 13.0 Å². The van der Waals surface area contributed by atoms with E-state index in [0.717, 1.165) is 19.3 Å². The number of rotatable bonds is 7. The van der Waals surface area contributed by atoms with Crippen molar-refractivity contribution < 1.29 is 113 Å². The van der Waals surface area contributed by atoms with Crippen LogP contribution in [0.15, 0.2) is 0 Å². The summed E-state index contributed by atoms with van der Waals surface area (Å²) in [7, 11) is -8.86. The van der Waals surface area contributed by atoms with Crippen molar-refractivity contribution in [1.82, 2.24) is 0 Å². The van der Waals surface area contributed by atoms with Crippen molar-refractivity contribution in [2.24, 2.45) is 0 Å². The third-order valence-corrected chi connectivity index (χ3v) is 2.54. The normalized spacial score (nSPS) is 10.6. The van der Waals surface area contributed by atoms with Crippen LogP contribution in [-0.4, -0.2) is 28.5 Å². The minimum absolute atomic E-state index is 0. The van der Waals surface area contributed by atoms with Crippen LogP contribution in [0.4, 0.5) is 0 Å². The molecular formula is C8H19KNaO7PS. The van der Waals surface area contributed by atoms with E-state index in [1.807, 2.05) is 0 Å². The molecule has 0 heterocycles. The third-order valence-electron chi connectivity index (χ3n) is 1.75. The van der Waals surface area contributed by atoms with Gasteiger partial charge in [0.05, 0.1) is 10.1 Å². The first-order valence-corrected chi connectivity index (χ1v) is 8.37. The second-order valence-electron chi connectivity index (χ2n) is 3.52. The largest absolute Gasteiger partial charge is 1.00 e. The molecule has 0 saturated heterocycles. The van der Waals surface area contributed by atoms with Crippen molar-refractivity contribution in [2.75, 3.05) is 5.75 Å². The van der Waals surface area contributed by atoms with Crippen LogP contribution in [0.2, 0.25) is 0 Å². The number of unbranched alkanes of at least 4 members (excludes halogenated alkanes) is 5. The van der Waals surface area contributed by atoms with Crippen LogP contribution < -0.4 is 85.8 Å². The van der Waals surface area contributed by atoms with Gasteiger partial charge in [0.2, 0.25) is 0 Å². The van der Waals surface area contributed by atoms with Gasteiger partial charge in [0.1, 0.15) is 0 Å². The van der Waals surface area contributed by atoms with Crippen LogP contribution in [0.3, 0.4) is 0 Å². The average Bonchev–Trinajstić information content (AvgIpc) is 2.06. The Morgan fingerprint density at radius 3 is 1.68 bits per heavy atom. The molecule has 0 aliphatic heterocycles. The number of phosphoric acid groups is 1. The van der Waals surface area contributed by atoms with Crippen LogP contribution in [0.25, 0.3) is 0 Å². The molecule has 7 nitrogen and oxygen atoms in total. The fourth-order valence-electron chi connectivity index (χ4n) is 1.06. The minimum atomic E-state index is -4.89. The first-order valence-electron chi connectivity index (χ1n) is 5.26. The molecule has 0 fully saturated rings. The SMILES string of the molecule is CCCCCCCCS(=O)(=O)[O-].O=P([O-])(O)O.[K+].[Na+]. The van der Waals surface area contributed by atoms with E-state index in [-0.39, 0.29) is 86.7 Å². The Kier molecular flexibility index (Phi) is 26.5. The summed E-state index contributed by atoms with van der Waals surface area (Å²) in [6, 6.07) is 0. The molecule has 0 atom stereocenters. The molecule has 0 bridgehead atoms. The molecular weight excluding hydrogens is 333 g/mol. The molecule has 0 unspecified atom stereocenters. The second-order valence-corrected chi connectivity index (χ2v) is 6.02. The molecule has 0 spiro atoms. The summed E-state index contributed by atoms with van der Waals surface area (Å²) in [6.45, 7) is 2.13. The summed E-state index contributed by atoms with van der Waals surface area (Å²) in [4.78, 5) is 22.9. The molecule has 0 amide bonds. The smallest absolute Gasteiger partial charge is 0.756 e. The quantitative estimate of drug-likeness (QED) is 0.202. The van der Waals surface area contributed by atoms with E-state index in [1.54, 1.807) is 0 Å². The summed E-state index contributed by atoms with van der Waals surface area (Å²) in [5.41, 5.74) is 0. The Morgan fingerprint density at radius 1 is 1.05 bits per heavy atom. The molecule has 106 valence electrons. The Bertz CT molecular complexity index is 311. The third kappa shape index (κ3) is 52.9. The molecule has 2 N–H and O–H groups in total. The van der Waals surface area contributed by atoms with Crippen LogP contribution in [0.5, 0.6) is 0 Å². The first kappa shape index (κ1) is 29.6. The molecule has 11 heteroatoms. The second kappa shape index (κ2) is 17.0. The molecule has 0 aromatic carbocycles. The Morgan fingerprint density at radius 2 is 1.37 bits per heavy atom. The van der Waals surface area contributed by atoms with Gasteiger partial charge < -0.3 is 19.2 Å². The summed E-state index contributed by atoms with van der Waals surface area (Å²) in [6.07, 6.45) is 5.96. The molecule has 0 aromatic heterocycles. The molecule has 0 aliphatic rings. The van der Waals surface area contributed by atoms with E-state index < -0.39 is 17.9 Å². The average molecular weight is 352 g/mol. The fraction of sp³-hybridized carbons (Fsp3) is 1.00. The maximum absolute atomic E-state index is 10.2. The van der Waals surface area contributed by atoms with Crippen molar-refractivity contribution in [2.45, 2.75) is 45.4 Å². The van der Waals surface area contributed by atoms with E-state index in [4.69, 9.17) is 19.2 Å². The van der Waals surface area contributed by atoms with Crippen LogP contribution in [0, 0.1) is 0 Å². The van der Waals surface area contributed by atoms with Crippen LogP contribution >= 0.6 is 7.82 Å². The zero-order valence-electron chi connectivity index (χ0n) is 11.7. The monoisotopic (exact) mass is 352 g/mol. The van der Waals surface area contributed by atoms with Gasteiger partial charge in [-0.3, -0.25) is 4.57 Å². The summed E-state index contributed by atoms with van der Waals surface area (Å²) < 4.78 is 39.3. The Hall–Kier alpha value is 2.66. The van der Waals surface area contributed by atoms with E-state index in [1.165, 1.54) is 12.8 Å². The zero-order chi connectivity index (χ0) is 13.9. The van der Waals surface area contributed by atoms with Gasteiger partial charge in [-0.15, -0.1) is 0 Å². The summed E-state index contributed by atoms with van der Waals surface area (Å²) in [5, 5.41) is 0. The van der Waals surface area contributed by atoms with E-state index >= 15 is 0 Å². The van der Waals surface area contributed by atoms with Gasteiger partial charge in [0.15, 0.2) is 0 Å². The maximum Gasteiger partial charge on any atom is 1.00 e. The van der Waals surface area contributed by atoms with E-state index in [2.05, 4.69) is 6.92 Å². The standard InChI is InChI=1S/C8H18O3S.K.Na.H3O4P/c1-2-3-4-5-6-7-8-12(9,10)11;;;1-5(2,3)4/h2-8H2,1H3,(H,9,10,11);;;(H3,1,2,3,4)/q;2*+1;/p-2. The van der Waals surface area contributed by atoms with Crippen molar-refractivity contribution in [3.05, 3.63) is 0 Å². The van der Waals surface area contributed by atoms with E-state index in [0.29, 0.717) is 6.42 Å². The van der Waals surface area contributed by atoms with Crippen LogP contribution in [-0.2, 0) is 14.7 Å². The Balaban J connectivity index is -0.000000139. The Labute approximate surface area is 179 Å². The predicted molar refractivity (Wildman–Crippen MR) is 60.0 cm³/mol. The number of hydrogen-bond acceptors (Lipinski definition) is 5. The zero-order valence-corrected chi connectivity index (χ0v) is 18.6. The van der Waals surface area contributed by atoms with Gasteiger partial charge in [-0.25, -0.2) is 8.42 Å². The molecule has 0 aromatic rings. The number of hydrogen-bond donors (Lipinski definition) is 2. The van der Waals surface area contributed by atoms with Crippen molar-refractivity contribution in [1.29, 1.82) is 0 Å². The molecule has 0 radical (unpaired) electrons. The van der Waals surface area contributed by atoms with Crippen molar-refractivity contribution in [3.63, 3.8) is 0 Å². The summed E-state index contributed by atoms with van der Waals surface area (Å²) in [5.74, 6) is -0.195. The fourth-order valence-corrected chi connectivity index (χ4v) is 1.62. The van der Waals surface area contributed by atoms with Crippen molar-refractivity contribution >= 4 is 17.9 Å². The van der Waals surface area contributed by atoms with Gasteiger partial charge in [0.25, 0.3) is 7.82 Å². The maximum atomic E-state index is 10.2.